The molecule has 0 spiro atoms. The van der Waals surface area contributed by atoms with E-state index >= 15 is 0 Å². The van der Waals surface area contributed by atoms with Crippen LogP contribution in [0, 0.1) is 11.3 Å². The average molecular weight is 407 g/mol. The summed E-state index contributed by atoms with van der Waals surface area (Å²) in [6, 6.07) is 12.0. The summed E-state index contributed by atoms with van der Waals surface area (Å²) in [4.78, 5) is 14.2. The van der Waals surface area contributed by atoms with Crippen molar-refractivity contribution in [3.63, 3.8) is 0 Å². The molecule has 0 aromatic heterocycles. The molecule has 1 heterocycles. The summed E-state index contributed by atoms with van der Waals surface area (Å²) in [5.41, 5.74) is 0.609. The number of nitriles is 1. The molecule has 0 N–H and O–H groups in total. The zero-order chi connectivity index (χ0) is 19.2. The van der Waals surface area contributed by atoms with E-state index in [4.69, 9.17) is 42.7 Å². The molecule has 0 aliphatic carbocycles. The van der Waals surface area contributed by atoms with Crippen LogP contribution in [0.5, 0.6) is 17.2 Å². The van der Waals surface area contributed by atoms with Crippen LogP contribution in [0.1, 0.15) is 6.42 Å². The highest BCUT2D eigenvalue weighted by Crippen LogP contribution is 2.34. The van der Waals surface area contributed by atoms with Crippen molar-refractivity contribution in [2.45, 2.75) is 6.42 Å². The summed E-state index contributed by atoms with van der Waals surface area (Å²) in [5, 5.41) is 9.66. The van der Waals surface area contributed by atoms with Gasteiger partial charge in [-0.05, 0) is 24.3 Å². The molecule has 0 fully saturated rings. The number of benzene rings is 2. The highest BCUT2D eigenvalue weighted by atomic mass is 35.5. The molecular formula is C19H16Cl2N2O4. The molecule has 6 nitrogen and oxygen atoms in total. The van der Waals surface area contributed by atoms with E-state index in [9.17, 15) is 4.79 Å². The molecule has 8 heteroatoms. The maximum absolute atomic E-state index is 12.7. The molecule has 1 aliphatic heterocycles. The number of ether oxygens (including phenoxy) is 3. The van der Waals surface area contributed by atoms with E-state index in [0.717, 1.165) is 0 Å². The molecule has 0 saturated carbocycles. The summed E-state index contributed by atoms with van der Waals surface area (Å²) in [6.45, 7) is 0.960. The van der Waals surface area contributed by atoms with Crippen molar-refractivity contribution in [1.82, 2.24) is 0 Å². The summed E-state index contributed by atoms with van der Waals surface area (Å²) in [6.07, 6.45) is 0.187. The Bertz CT molecular complexity index is 882. The Kier molecular flexibility index (Phi) is 6.28. The van der Waals surface area contributed by atoms with Gasteiger partial charge in [0.15, 0.2) is 18.1 Å². The van der Waals surface area contributed by atoms with Crippen LogP contribution in [0.25, 0.3) is 0 Å². The molecule has 0 atom stereocenters. The third-order valence-corrected chi connectivity index (χ3v) is 4.58. The largest absolute Gasteiger partial charge is 0.486 e. The second-order valence-corrected chi connectivity index (χ2v) is 6.46. The van der Waals surface area contributed by atoms with Crippen LogP contribution >= 0.6 is 23.2 Å². The van der Waals surface area contributed by atoms with Gasteiger partial charge in [-0.15, -0.1) is 0 Å². The number of carbonyl (C=O) groups excluding carboxylic acids is 1. The van der Waals surface area contributed by atoms with Gasteiger partial charge in [-0.1, -0.05) is 23.2 Å². The van der Waals surface area contributed by atoms with Crippen LogP contribution in [-0.4, -0.2) is 32.3 Å². The first-order chi connectivity index (χ1) is 13.1. The molecule has 0 unspecified atom stereocenters. The second-order valence-electron chi connectivity index (χ2n) is 5.65. The first kappa shape index (κ1) is 19.2. The topological polar surface area (TPSA) is 71.8 Å². The van der Waals surface area contributed by atoms with E-state index in [1.54, 1.807) is 36.4 Å². The number of amides is 1. The Labute approximate surface area is 166 Å². The van der Waals surface area contributed by atoms with E-state index < -0.39 is 0 Å². The molecular weight excluding hydrogens is 391 g/mol. The zero-order valence-corrected chi connectivity index (χ0v) is 15.8. The predicted molar refractivity (Wildman–Crippen MR) is 102 cm³/mol. The van der Waals surface area contributed by atoms with Crippen molar-refractivity contribution < 1.29 is 19.0 Å². The lowest BCUT2D eigenvalue weighted by molar-refractivity contribution is -0.120. The van der Waals surface area contributed by atoms with Gasteiger partial charge in [-0.25, -0.2) is 0 Å². The number of anilines is 1. The molecule has 2 aromatic rings. The highest BCUT2D eigenvalue weighted by Gasteiger charge is 2.20. The van der Waals surface area contributed by atoms with Crippen molar-refractivity contribution in [2.75, 3.05) is 31.3 Å². The van der Waals surface area contributed by atoms with E-state index in [-0.39, 0.29) is 25.5 Å². The normalized spacial score (nSPS) is 12.2. The molecule has 1 aliphatic rings. The van der Waals surface area contributed by atoms with Crippen LogP contribution in [0.4, 0.5) is 5.69 Å². The Morgan fingerprint density at radius 1 is 1.11 bits per heavy atom. The summed E-state index contributed by atoms with van der Waals surface area (Å²) >= 11 is 11.8. The van der Waals surface area contributed by atoms with E-state index in [1.165, 1.54) is 4.90 Å². The molecule has 1 amide bonds. The van der Waals surface area contributed by atoms with Crippen LogP contribution in [-0.2, 0) is 4.79 Å². The van der Waals surface area contributed by atoms with Crippen LogP contribution in [0.15, 0.2) is 36.4 Å². The van der Waals surface area contributed by atoms with Gasteiger partial charge in [0, 0.05) is 24.4 Å². The lowest BCUT2D eigenvalue weighted by Gasteiger charge is -2.25. The number of rotatable bonds is 6. The maximum Gasteiger partial charge on any atom is 0.264 e. The Hall–Kier alpha value is -2.62. The minimum Gasteiger partial charge on any atom is -0.486 e. The van der Waals surface area contributed by atoms with Gasteiger partial charge < -0.3 is 19.1 Å². The average Bonchev–Trinajstić information content (AvgIpc) is 2.69. The molecule has 0 radical (unpaired) electrons. The SMILES string of the molecule is N#CCCN(C(=O)COc1ccc(Cl)c(Cl)c1)c1ccc2c(c1)OCCO2. The lowest BCUT2D eigenvalue weighted by Crippen LogP contribution is -2.35. The Morgan fingerprint density at radius 3 is 2.63 bits per heavy atom. The fourth-order valence-corrected chi connectivity index (χ4v) is 2.84. The third-order valence-electron chi connectivity index (χ3n) is 3.84. The van der Waals surface area contributed by atoms with E-state index in [2.05, 4.69) is 0 Å². The zero-order valence-electron chi connectivity index (χ0n) is 14.3. The summed E-state index contributed by atoms with van der Waals surface area (Å²) in [5.74, 6) is 1.33. The molecule has 2 aromatic carbocycles. The minimum atomic E-state index is -0.298. The second kappa shape index (κ2) is 8.85. The standard InChI is InChI=1S/C19H16Cl2N2O4/c20-15-4-3-14(11-16(15)21)27-12-19(24)23(7-1-6-22)13-2-5-17-18(10-13)26-9-8-25-17/h2-5,10-11H,1,7-9,12H2. The molecule has 0 bridgehead atoms. The maximum atomic E-state index is 12.7. The van der Waals surface area contributed by atoms with Crippen molar-refractivity contribution in [3.8, 4) is 23.3 Å². The molecule has 3 rings (SSSR count). The fraction of sp³-hybridized carbons (Fsp3) is 0.263. The number of hydrogen-bond acceptors (Lipinski definition) is 5. The Morgan fingerprint density at radius 2 is 1.89 bits per heavy atom. The smallest absolute Gasteiger partial charge is 0.264 e. The first-order valence-electron chi connectivity index (χ1n) is 8.23. The predicted octanol–water partition coefficient (Wildman–Crippen LogP) is 4.09. The van der Waals surface area contributed by atoms with E-state index in [0.29, 0.717) is 46.2 Å². The highest BCUT2D eigenvalue weighted by molar-refractivity contribution is 6.42. The Balaban J connectivity index is 1.74. The molecule has 140 valence electrons. The van der Waals surface area contributed by atoms with E-state index in [1.807, 2.05) is 6.07 Å². The number of halogens is 2. The van der Waals surface area contributed by atoms with Crippen molar-refractivity contribution in [3.05, 3.63) is 46.4 Å². The van der Waals surface area contributed by atoms with Gasteiger partial charge in [-0.3, -0.25) is 4.79 Å². The monoisotopic (exact) mass is 406 g/mol. The van der Waals surface area contributed by atoms with Crippen molar-refractivity contribution in [1.29, 1.82) is 5.26 Å². The number of hydrogen-bond donors (Lipinski definition) is 0. The molecule has 0 saturated heterocycles. The summed E-state index contributed by atoms with van der Waals surface area (Å²) < 4.78 is 16.6. The molecule has 27 heavy (non-hydrogen) atoms. The van der Waals surface area contributed by atoms with Gasteiger partial charge in [0.05, 0.1) is 22.5 Å². The van der Waals surface area contributed by atoms with Crippen molar-refractivity contribution >= 4 is 34.8 Å². The summed E-state index contributed by atoms with van der Waals surface area (Å²) in [7, 11) is 0. The minimum absolute atomic E-state index is 0.187. The first-order valence-corrected chi connectivity index (χ1v) is 8.99. The number of fused-ring (bicyclic) bond motifs is 1. The third kappa shape index (κ3) is 4.76. The van der Waals surface area contributed by atoms with Crippen LogP contribution in [0.2, 0.25) is 10.0 Å². The lowest BCUT2D eigenvalue weighted by atomic mass is 10.2. The van der Waals surface area contributed by atoms with Gasteiger partial charge in [0.2, 0.25) is 0 Å². The number of carbonyl (C=O) groups is 1. The van der Waals surface area contributed by atoms with Gasteiger partial charge >= 0.3 is 0 Å². The van der Waals surface area contributed by atoms with Crippen molar-refractivity contribution in [2.24, 2.45) is 0 Å². The quantitative estimate of drug-likeness (QED) is 0.722. The fourth-order valence-electron chi connectivity index (χ4n) is 2.55. The van der Waals surface area contributed by atoms with Gasteiger partial charge in [0.1, 0.15) is 19.0 Å². The van der Waals surface area contributed by atoms with Gasteiger partial charge in [0.25, 0.3) is 5.91 Å². The van der Waals surface area contributed by atoms with Crippen LogP contribution < -0.4 is 19.1 Å². The van der Waals surface area contributed by atoms with Gasteiger partial charge in [-0.2, -0.15) is 5.26 Å². The van der Waals surface area contributed by atoms with Crippen LogP contribution in [0.3, 0.4) is 0 Å². The number of nitrogens with zero attached hydrogens (tertiary/aromatic N) is 2.